The lowest BCUT2D eigenvalue weighted by molar-refractivity contribution is -0.157. The molecule has 0 aliphatic carbocycles. The van der Waals surface area contributed by atoms with Crippen LogP contribution in [0.3, 0.4) is 0 Å². The zero-order valence-electron chi connectivity index (χ0n) is 15.1. The molecule has 2 aliphatic rings. The topological polar surface area (TPSA) is 84.9 Å². The standard InChI is InChI=1S/C17H22BrFN2O5S/c1-25-16(22)17(8-11-3-4-13(19)12(18)7-11)9-14(20-27(2,23)24)15-10-26-6-5-21(15)17/h3-4,7,14-15,20H,5-6,8-10H2,1-2H3/t14-,15+,17+/m1/s1. The largest absolute Gasteiger partial charge is 0.468 e. The minimum absolute atomic E-state index is 0.246. The molecule has 2 saturated heterocycles. The third-order valence-corrected chi connectivity index (χ3v) is 6.49. The number of morpholine rings is 1. The first-order valence-electron chi connectivity index (χ1n) is 8.50. The van der Waals surface area contributed by atoms with Crippen molar-refractivity contribution in [3.8, 4) is 0 Å². The highest BCUT2D eigenvalue weighted by atomic mass is 79.9. The van der Waals surface area contributed by atoms with Gasteiger partial charge in [0.25, 0.3) is 0 Å². The molecule has 2 fully saturated rings. The number of fused-ring (bicyclic) bond motifs is 1. The first kappa shape index (κ1) is 20.7. The van der Waals surface area contributed by atoms with Gasteiger partial charge in [0.2, 0.25) is 10.0 Å². The summed E-state index contributed by atoms with van der Waals surface area (Å²) in [6.07, 6.45) is 1.61. The van der Waals surface area contributed by atoms with Crippen LogP contribution in [0.5, 0.6) is 0 Å². The number of halogens is 2. The highest BCUT2D eigenvalue weighted by Crippen LogP contribution is 2.40. The van der Waals surface area contributed by atoms with Crippen LogP contribution in [0.1, 0.15) is 12.0 Å². The van der Waals surface area contributed by atoms with Gasteiger partial charge in [-0.1, -0.05) is 6.07 Å². The van der Waals surface area contributed by atoms with Gasteiger partial charge in [-0.3, -0.25) is 9.69 Å². The Balaban J connectivity index is 2.00. The molecule has 150 valence electrons. The first-order chi connectivity index (χ1) is 12.7. The van der Waals surface area contributed by atoms with Gasteiger partial charge in [0.05, 0.1) is 37.1 Å². The molecule has 0 saturated carbocycles. The van der Waals surface area contributed by atoms with Crippen molar-refractivity contribution in [1.29, 1.82) is 0 Å². The Hall–Kier alpha value is -1.07. The van der Waals surface area contributed by atoms with Crippen LogP contribution in [0.4, 0.5) is 4.39 Å². The first-order valence-corrected chi connectivity index (χ1v) is 11.2. The van der Waals surface area contributed by atoms with Gasteiger partial charge in [-0.25, -0.2) is 17.5 Å². The van der Waals surface area contributed by atoms with Gasteiger partial charge >= 0.3 is 5.97 Å². The summed E-state index contributed by atoms with van der Waals surface area (Å²) in [6, 6.07) is 3.83. The third-order valence-electron chi connectivity index (χ3n) is 5.15. The molecular formula is C17H22BrFN2O5S. The molecular weight excluding hydrogens is 443 g/mol. The molecule has 0 bridgehead atoms. The van der Waals surface area contributed by atoms with E-state index in [1.807, 2.05) is 4.90 Å². The fraction of sp³-hybridized carbons (Fsp3) is 0.588. The maximum Gasteiger partial charge on any atom is 0.326 e. The van der Waals surface area contributed by atoms with Crippen molar-refractivity contribution in [1.82, 2.24) is 9.62 Å². The lowest BCUT2D eigenvalue weighted by Gasteiger charge is -2.41. The molecule has 2 aliphatic heterocycles. The van der Waals surface area contributed by atoms with Gasteiger partial charge in [-0.2, -0.15) is 0 Å². The Morgan fingerprint density at radius 3 is 2.89 bits per heavy atom. The predicted octanol–water partition coefficient (Wildman–Crippen LogP) is 1.06. The maximum absolute atomic E-state index is 13.6. The van der Waals surface area contributed by atoms with Crippen LogP contribution in [-0.2, 0) is 30.7 Å². The van der Waals surface area contributed by atoms with Gasteiger partial charge in [-0.15, -0.1) is 0 Å². The van der Waals surface area contributed by atoms with Crippen molar-refractivity contribution in [3.63, 3.8) is 0 Å². The van der Waals surface area contributed by atoms with E-state index in [4.69, 9.17) is 9.47 Å². The minimum atomic E-state index is -3.47. The summed E-state index contributed by atoms with van der Waals surface area (Å²) in [5.74, 6) is -0.828. The minimum Gasteiger partial charge on any atom is -0.468 e. The van der Waals surface area contributed by atoms with Crippen molar-refractivity contribution in [2.45, 2.75) is 30.5 Å². The highest BCUT2D eigenvalue weighted by molar-refractivity contribution is 9.10. The summed E-state index contributed by atoms with van der Waals surface area (Å²) in [4.78, 5) is 14.9. The molecule has 10 heteroatoms. The average Bonchev–Trinajstić information content (AvgIpc) is 2.91. The zero-order chi connectivity index (χ0) is 19.8. The third kappa shape index (κ3) is 4.19. The Morgan fingerprint density at radius 2 is 2.26 bits per heavy atom. The van der Waals surface area contributed by atoms with Crippen LogP contribution in [0, 0.1) is 5.82 Å². The number of carbonyl (C=O) groups is 1. The fourth-order valence-corrected chi connectivity index (χ4v) is 5.34. The molecule has 0 aromatic heterocycles. The number of esters is 1. The molecule has 0 unspecified atom stereocenters. The molecule has 27 heavy (non-hydrogen) atoms. The molecule has 2 heterocycles. The number of hydrogen-bond donors (Lipinski definition) is 1. The van der Waals surface area contributed by atoms with Crippen molar-refractivity contribution in [2.75, 3.05) is 33.1 Å². The number of rotatable bonds is 5. The maximum atomic E-state index is 13.6. The summed E-state index contributed by atoms with van der Waals surface area (Å²) in [6.45, 7) is 1.23. The van der Waals surface area contributed by atoms with E-state index in [1.165, 1.54) is 13.2 Å². The van der Waals surface area contributed by atoms with Crippen molar-refractivity contribution < 1.29 is 27.1 Å². The number of hydrogen-bond acceptors (Lipinski definition) is 6. The summed E-state index contributed by atoms with van der Waals surface area (Å²) in [7, 11) is -2.15. The van der Waals surface area contributed by atoms with Gasteiger partial charge in [0.1, 0.15) is 11.4 Å². The summed E-state index contributed by atoms with van der Waals surface area (Å²) >= 11 is 3.17. The van der Waals surface area contributed by atoms with Gasteiger partial charge < -0.3 is 9.47 Å². The molecule has 3 rings (SSSR count). The monoisotopic (exact) mass is 464 g/mol. The Bertz CT molecular complexity index is 837. The number of sulfonamides is 1. The van der Waals surface area contributed by atoms with E-state index >= 15 is 0 Å². The molecule has 1 N–H and O–H groups in total. The van der Waals surface area contributed by atoms with Crippen molar-refractivity contribution in [2.24, 2.45) is 0 Å². The Morgan fingerprint density at radius 1 is 1.52 bits per heavy atom. The van der Waals surface area contributed by atoms with Gasteiger partial charge in [0.15, 0.2) is 0 Å². The number of carbonyl (C=O) groups excluding carboxylic acids is 1. The van der Waals surface area contributed by atoms with E-state index in [0.29, 0.717) is 24.2 Å². The molecule has 3 atom stereocenters. The quantitative estimate of drug-likeness (QED) is 0.655. The summed E-state index contributed by atoms with van der Waals surface area (Å²) < 4.78 is 50.8. The van der Waals surface area contributed by atoms with E-state index in [1.54, 1.807) is 12.1 Å². The lowest BCUT2D eigenvalue weighted by Crippen LogP contribution is -2.59. The van der Waals surface area contributed by atoms with Gasteiger partial charge in [0, 0.05) is 19.0 Å². The molecule has 0 radical (unpaired) electrons. The normalized spacial score (nSPS) is 28.7. The van der Waals surface area contributed by atoms with Crippen LogP contribution in [0.25, 0.3) is 0 Å². The molecule has 7 nitrogen and oxygen atoms in total. The van der Waals surface area contributed by atoms with Crippen LogP contribution < -0.4 is 4.72 Å². The SMILES string of the molecule is COC(=O)[C@]1(Cc2ccc(F)c(Br)c2)C[C@@H](NS(C)(=O)=O)[C@@H]2COCCN21. The average molecular weight is 465 g/mol. The molecule has 1 aromatic rings. The number of ether oxygens (including phenoxy) is 2. The predicted molar refractivity (Wildman–Crippen MR) is 100 cm³/mol. The second-order valence-corrected chi connectivity index (χ2v) is 9.62. The van der Waals surface area contributed by atoms with E-state index in [9.17, 15) is 17.6 Å². The Labute approximate surface area is 166 Å². The number of benzene rings is 1. The second kappa shape index (κ2) is 7.75. The fourth-order valence-electron chi connectivity index (χ4n) is 4.12. The van der Waals surface area contributed by atoms with Crippen LogP contribution in [0.2, 0.25) is 0 Å². The van der Waals surface area contributed by atoms with Crippen molar-refractivity contribution >= 4 is 31.9 Å². The highest BCUT2D eigenvalue weighted by Gasteiger charge is 2.58. The summed E-state index contributed by atoms with van der Waals surface area (Å²) in [5.41, 5.74) is -0.304. The molecule has 0 spiro atoms. The van der Waals surface area contributed by atoms with E-state index in [0.717, 1.165) is 11.8 Å². The van der Waals surface area contributed by atoms with E-state index < -0.39 is 33.4 Å². The van der Waals surface area contributed by atoms with E-state index in [2.05, 4.69) is 20.7 Å². The zero-order valence-corrected chi connectivity index (χ0v) is 17.5. The molecule has 0 amide bonds. The number of nitrogens with one attached hydrogen (secondary N) is 1. The molecule has 1 aromatic carbocycles. The van der Waals surface area contributed by atoms with Crippen molar-refractivity contribution in [3.05, 3.63) is 34.1 Å². The smallest absolute Gasteiger partial charge is 0.326 e. The lowest BCUT2D eigenvalue weighted by atomic mass is 9.87. The number of nitrogens with zero attached hydrogens (tertiary/aromatic N) is 1. The van der Waals surface area contributed by atoms with Crippen LogP contribution >= 0.6 is 15.9 Å². The van der Waals surface area contributed by atoms with Crippen LogP contribution in [0.15, 0.2) is 22.7 Å². The van der Waals surface area contributed by atoms with Gasteiger partial charge in [-0.05, 0) is 40.0 Å². The number of methoxy groups -OCH3 is 1. The summed E-state index contributed by atoms with van der Waals surface area (Å²) in [5, 5.41) is 0. The second-order valence-electron chi connectivity index (χ2n) is 6.98. The van der Waals surface area contributed by atoms with Crippen LogP contribution in [-0.4, -0.2) is 70.0 Å². The van der Waals surface area contributed by atoms with E-state index in [-0.39, 0.29) is 18.9 Å². The Kier molecular flexibility index (Phi) is 5.93.